The number of rotatable bonds is 4. The number of ether oxygens (including phenoxy) is 1. The van der Waals surface area contributed by atoms with E-state index < -0.39 is 15.0 Å². The standard InChI is InChI=1S/C13H16BrClO4S/c1-7(2)9(4)19-13(16)11-5-10(20(15,17)18)6-12(14)8(11)3/h5-7,9H,1-4H3. The second-order valence-electron chi connectivity index (χ2n) is 4.87. The van der Waals surface area contributed by atoms with E-state index in [1.54, 1.807) is 13.8 Å². The molecule has 112 valence electrons. The van der Waals surface area contributed by atoms with Gasteiger partial charge in [0.1, 0.15) is 6.10 Å². The fourth-order valence-corrected chi connectivity index (χ4v) is 2.77. The predicted octanol–water partition coefficient (Wildman–Crippen LogP) is 3.89. The molecule has 0 spiro atoms. The van der Waals surface area contributed by atoms with Crippen LogP contribution in [0, 0.1) is 12.8 Å². The molecule has 0 aromatic heterocycles. The molecular weight excluding hydrogens is 368 g/mol. The fourth-order valence-electron chi connectivity index (χ4n) is 1.38. The smallest absolute Gasteiger partial charge is 0.338 e. The molecule has 0 aliphatic heterocycles. The second-order valence-corrected chi connectivity index (χ2v) is 8.29. The van der Waals surface area contributed by atoms with Crippen LogP contribution >= 0.6 is 26.6 Å². The van der Waals surface area contributed by atoms with Gasteiger partial charge >= 0.3 is 5.97 Å². The number of halogens is 2. The normalized spacial score (nSPS) is 13.3. The van der Waals surface area contributed by atoms with Crippen molar-refractivity contribution in [1.82, 2.24) is 0 Å². The summed E-state index contributed by atoms with van der Waals surface area (Å²) < 4.78 is 28.6. The average Bonchev–Trinajstić information content (AvgIpc) is 2.30. The third kappa shape index (κ3) is 4.20. The van der Waals surface area contributed by atoms with Gasteiger partial charge in [0, 0.05) is 15.2 Å². The molecule has 1 aromatic rings. The van der Waals surface area contributed by atoms with Crippen molar-refractivity contribution in [3.8, 4) is 0 Å². The minimum absolute atomic E-state index is 0.138. The van der Waals surface area contributed by atoms with Crippen molar-refractivity contribution in [1.29, 1.82) is 0 Å². The van der Waals surface area contributed by atoms with Crippen molar-refractivity contribution < 1.29 is 17.9 Å². The number of hydrogen-bond acceptors (Lipinski definition) is 4. The zero-order valence-corrected chi connectivity index (χ0v) is 14.8. The molecule has 0 aliphatic rings. The summed E-state index contributed by atoms with van der Waals surface area (Å²) in [6.45, 7) is 7.35. The molecule has 4 nitrogen and oxygen atoms in total. The molecule has 0 aliphatic carbocycles. The van der Waals surface area contributed by atoms with Crippen LogP contribution in [0.1, 0.15) is 36.7 Å². The largest absolute Gasteiger partial charge is 0.459 e. The Kier molecular flexibility index (Phi) is 5.63. The Morgan fingerprint density at radius 2 is 1.85 bits per heavy atom. The first kappa shape index (κ1) is 17.5. The summed E-state index contributed by atoms with van der Waals surface area (Å²) in [6, 6.07) is 2.60. The molecule has 0 fully saturated rings. The molecule has 0 N–H and O–H groups in total. The third-order valence-corrected chi connectivity index (χ3v) is 5.21. The molecule has 0 bridgehead atoms. The van der Waals surface area contributed by atoms with Gasteiger partial charge in [0.25, 0.3) is 9.05 Å². The molecule has 0 saturated carbocycles. The Balaban J connectivity index is 3.24. The van der Waals surface area contributed by atoms with Crippen LogP contribution in [0.15, 0.2) is 21.5 Å². The van der Waals surface area contributed by atoms with Crippen LogP contribution in [0.5, 0.6) is 0 Å². The summed E-state index contributed by atoms with van der Waals surface area (Å²) in [5.41, 5.74) is 0.793. The Hall–Kier alpha value is -0.590. The van der Waals surface area contributed by atoms with Gasteiger partial charge in [-0.05, 0) is 37.5 Å². The Morgan fingerprint density at radius 3 is 2.30 bits per heavy atom. The van der Waals surface area contributed by atoms with Crippen LogP contribution in [-0.2, 0) is 13.8 Å². The number of benzene rings is 1. The van der Waals surface area contributed by atoms with Crippen LogP contribution in [0.4, 0.5) is 0 Å². The van der Waals surface area contributed by atoms with Crippen molar-refractivity contribution in [2.75, 3.05) is 0 Å². The zero-order chi connectivity index (χ0) is 15.7. The van der Waals surface area contributed by atoms with Crippen LogP contribution in [-0.4, -0.2) is 20.5 Å². The summed E-state index contributed by atoms with van der Waals surface area (Å²) in [5, 5.41) is 0. The average molecular weight is 384 g/mol. The van der Waals surface area contributed by atoms with Gasteiger partial charge in [-0.2, -0.15) is 0 Å². The SMILES string of the molecule is Cc1c(Br)cc(S(=O)(=O)Cl)cc1C(=O)OC(C)C(C)C. The van der Waals surface area contributed by atoms with Gasteiger partial charge in [0.15, 0.2) is 0 Å². The molecule has 0 heterocycles. The molecule has 7 heteroatoms. The van der Waals surface area contributed by atoms with Crippen molar-refractivity contribution in [3.63, 3.8) is 0 Å². The lowest BCUT2D eigenvalue weighted by Gasteiger charge is -2.18. The van der Waals surface area contributed by atoms with Gasteiger partial charge in [-0.15, -0.1) is 0 Å². The number of esters is 1. The van der Waals surface area contributed by atoms with E-state index in [1.807, 2.05) is 13.8 Å². The van der Waals surface area contributed by atoms with Crippen LogP contribution in [0.2, 0.25) is 0 Å². The first-order valence-electron chi connectivity index (χ1n) is 5.99. The minimum atomic E-state index is -3.91. The topological polar surface area (TPSA) is 60.4 Å². The molecule has 20 heavy (non-hydrogen) atoms. The maximum atomic E-state index is 12.1. The number of carbonyl (C=O) groups is 1. The van der Waals surface area contributed by atoms with Gasteiger partial charge in [-0.3, -0.25) is 0 Å². The zero-order valence-electron chi connectivity index (χ0n) is 11.6. The number of carbonyl (C=O) groups excluding carboxylic acids is 1. The molecule has 1 aromatic carbocycles. The molecule has 0 radical (unpaired) electrons. The van der Waals surface area contributed by atoms with Gasteiger partial charge < -0.3 is 4.74 Å². The quantitative estimate of drug-likeness (QED) is 0.584. The van der Waals surface area contributed by atoms with E-state index in [4.69, 9.17) is 15.4 Å². The maximum Gasteiger partial charge on any atom is 0.338 e. The second kappa shape index (κ2) is 6.45. The monoisotopic (exact) mass is 382 g/mol. The van der Waals surface area contributed by atoms with E-state index in [-0.39, 0.29) is 22.5 Å². The first-order chi connectivity index (χ1) is 9.04. The molecule has 0 amide bonds. The highest BCUT2D eigenvalue weighted by Crippen LogP contribution is 2.27. The van der Waals surface area contributed by atoms with E-state index >= 15 is 0 Å². The van der Waals surface area contributed by atoms with Crippen molar-refractivity contribution in [2.24, 2.45) is 5.92 Å². The highest BCUT2D eigenvalue weighted by molar-refractivity contribution is 9.10. The maximum absolute atomic E-state index is 12.1. The number of hydrogen-bond donors (Lipinski definition) is 0. The molecule has 0 saturated heterocycles. The lowest BCUT2D eigenvalue weighted by Crippen LogP contribution is -2.21. The summed E-state index contributed by atoms with van der Waals surface area (Å²) in [6.07, 6.45) is -0.267. The summed E-state index contributed by atoms with van der Waals surface area (Å²) in [4.78, 5) is 12.0. The lowest BCUT2D eigenvalue weighted by atomic mass is 10.1. The highest BCUT2D eigenvalue weighted by Gasteiger charge is 2.21. The lowest BCUT2D eigenvalue weighted by molar-refractivity contribution is 0.0237. The highest BCUT2D eigenvalue weighted by atomic mass is 79.9. The predicted molar refractivity (Wildman–Crippen MR) is 81.6 cm³/mol. The van der Waals surface area contributed by atoms with Crippen LogP contribution < -0.4 is 0 Å². The van der Waals surface area contributed by atoms with E-state index in [0.717, 1.165) is 0 Å². The van der Waals surface area contributed by atoms with E-state index in [9.17, 15) is 13.2 Å². The first-order valence-corrected chi connectivity index (χ1v) is 9.10. The molecule has 1 rings (SSSR count). The summed E-state index contributed by atoms with van der Waals surface area (Å²) >= 11 is 3.22. The van der Waals surface area contributed by atoms with E-state index in [1.165, 1.54) is 12.1 Å². The Bertz CT molecular complexity index is 626. The van der Waals surface area contributed by atoms with Crippen molar-refractivity contribution in [3.05, 3.63) is 27.7 Å². The van der Waals surface area contributed by atoms with Gasteiger partial charge in [0.05, 0.1) is 10.5 Å². The van der Waals surface area contributed by atoms with Crippen LogP contribution in [0.3, 0.4) is 0 Å². The summed E-state index contributed by atoms with van der Waals surface area (Å²) in [5.74, 6) is -0.394. The van der Waals surface area contributed by atoms with E-state index in [0.29, 0.717) is 10.0 Å². The summed E-state index contributed by atoms with van der Waals surface area (Å²) in [7, 11) is 1.41. The van der Waals surface area contributed by atoms with E-state index in [2.05, 4.69) is 15.9 Å². The van der Waals surface area contributed by atoms with Crippen molar-refractivity contribution in [2.45, 2.75) is 38.7 Å². The fraction of sp³-hybridized carbons (Fsp3) is 0.462. The Labute approximate surface area is 132 Å². The van der Waals surface area contributed by atoms with Crippen LogP contribution in [0.25, 0.3) is 0 Å². The Morgan fingerprint density at radius 1 is 1.30 bits per heavy atom. The van der Waals surface area contributed by atoms with Gasteiger partial charge in [-0.25, -0.2) is 13.2 Å². The molecule has 1 atom stereocenters. The molecular formula is C13H16BrClO4S. The van der Waals surface area contributed by atoms with Gasteiger partial charge in [-0.1, -0.05) is 29.8 Å². The van der Waals surface area contributed by atoms with Gasteiger partial charge in [0.2, 0.25) is 0 Å². The van der Waals surface area contributed by atoms with Crippen molar-refractivity contribution >= 4 is 41.6 Å². The minimum Gasteiger partial charge on any atom is -0.459 e. The molecule has 1 unspecified atom stereocenters. The third-order valence-electron chi connectivity index (χ3n) is 3.05.